The minimum atomic E-state index is -4.10. The van der Waals surface area contributed by atoms with Crippen molar-refractivity contribution in [2.45, 2.75) is 44.7 Å². The summed E-state index contributed by atoms with van der Waals surface area (Å²) in [6, 6.07) is 0. The van der Waals surface area contributed by atoms with E-state index >= 15 is 0 Å². The van der Waals surface area contributed by atoms with Gasteiger partial charge in [0.1, 0.15) is 5.82 Å². The number of alkyl halides is 4. The first kappa shape index (κ1) is 16.3. The normalized spacial score (nSPS) is 17.6. The molecule has 1 aromatic rings. The highest BCUT2D eigenvalue weighted by atomic mass is 35.5. The lowest BCUT2D eigenvalue weighted by Crippen LogP contribution is -2.39. The van der Waals surface area contributed by atoms with Gasteiger partial charge in [-0.05, 0) is 12.8 Å². The number of halogens is 4. The fraction of sp³-hybridized carbons (Fsp3) is 0.714. The largest absolute Gasteiger partial charge is 0.391 e. The van der Waals surface area contributed by atoms with Gasteiger partial charge in [0, 0.05) is 19.0 Å². The predicted octanol–water partition coefficient (Wildman–Crippen LogP) is 4.12. The molecule has 1 aliphatic rings. The topological polar surface area (TPSA) is 29.0 Å². The van der Waals surface area contributed by atoms with Crippen LogP contribution in [0.15, 0.2) is 6.20 Å². The Labute approximate surface area is 127 Å². The first-order valence-electron chi connectivity index (χ1n) is 7.06. The van der Waals surface area contributed by atoms with E-state index in [0.717, 1.165) is 5.69 Å². The van der Waals surface area contributed by atoms with Crippen molar-refractivity contribution < 1.29 is 13.2 Å². The summed E-state index contributed by atoms with van der Waals surface area (Å²) in [6.45, 7) is 4.70. The number of anilines is 1. The number of nitrogens with zero attached hydrogens (tertiary/aromatic N) is 3. The minimum Gasteiger partial charge on any atom is -0.369 e. The highest BCUT2D eigenvalue weighted by Crippen LogP contribution is 2.36. The van der Waals surface area contributed by atoms with Crippen LogP contribution >= 0.6 is 11.6 Å². The van der Waals surface area contributed by atoms with Crippen LogP contribution in [0.1, 0.15) is 44.1 Å². The van der Waals surface area contributed by atoms with Crippen molar-refractivity contribution in [2.24, 2.45) is 5.92 Å². The smallest absolute Gasteiger partial charge is 0.369 e. The molecule has 7 heteroatoms. The van der Waals surface area contributed by atoms with E-state index in [4.69, 9.17) is 11.6 Å². The molecule has 0 unspecified atom stereocenters. The first-order chi connectivity index (χ1) is 9.82. The zero-order valence-electron chi connectivity index (χ0n) is 12.1. The van der Waals surface area contributed by atoms with Crippen LogP contribution in [0.3, 0.4) is 0 Å². The molecule has 1 aliphatic heterocycles. The van der Waals surface area contributed by atoms with Gasteiger partial charge in [-0.15, -0.1) is 11.6 Å². The van der Waals surface area contributed by atoms with Gasteiger partial charge in [0.2, 0.25) is 0 Å². The molecule has 0 amide bonds. The van der Waals surface area contributed by atoms with Crippen LogP contribution in [0.5, 0.6) is 0 Å². The summed E-state index contributed by atoms with van der Waals surface area (Å²) in [5.74, 6) is -0.0721. The monoisotopic (exact) mass is 321 g/mol. The van der Waals surface area contributed by atoms with Crippen molar-refractivity contribution in [2.75, 3.05) is 18.0 Å². The fourth-order valence-electron chi connectivity index (χ4n) is 2.51. The molecule has 0 atom stereocenters. The molecular formula is C14H19ClF3N3. The molecule has 1 fully saturated rings. The molecule has 0 saturated carbocycles. The van der Waals surface area contributed by atoms with Gasteiger partial charge in [-0.2, -0.15) is 13.2 Å². The predicted molar refractivity (Wildman–Crippen MR) is 76.7 cm³/mol. The number of piperidine rings is 1. The lowest BCUT2D eigenvalue weighted by atomic mass is 9.96. The number of rotatable bonds is 3. The molecule has 0 spiro atoms. The zero-order valence-corrected chi connectivity index (χ0v) is 12.9. The number of hydrogen-bond acceptors (Lipinski definition) is 3. The number of aromatic nitrogens is 2. The lowest BCUT2D eigenvalue weighted by molar-refractivity contribution is -0.179. The SMILES string of the molecule is CC(C)c1ncc(N2CCC(C(F)(F)F)CC2)c(CCl)n1. The first-order valence-corrected chi connectivity index (χ1v) is 7.59. The second kappa shape index (κ2) is 6.38. The molecule has 3 nitrogen and oxygen atoms in total. The van der Waals surface area contributed by atoms with E-state index in [1.807, 2.05) is 18.7 Å². The van der Waals surface area contributed by atoms with Crippen LogP contribution in [-0.2, 0) is 5.88 Å². The Morgan fingerprint density at radius 1 is 1.33 bits per heavy atom. The van der Waals surface area contributed by atoms with Crippen LogP contribution in [0.25, 0.3) is 0 Å². The maximum absolute atomic E-state index is 12.7. The Morgan fingerprint density at radius 2 is 1.95 bits per heavy atom. The molecule has 0 radical (unpaired) electrons. The highest BCUT2D eigenvalue weighted by Gasteiger charge is 2.41. The molecule has 0 aliphatic carbocycles. The third-order valence-corrected chi connectivity index (χ3v) is 4.06. The lowest BCUT2D eigenvalue weighted by Gasteiger charge is -2.34. The van der Waals surface area contributed by atoms with Crippen LogP contribution in [0.2, 0.25) is 0 Å². The third kappa shape index (κ3) is 3.78. The fourth-order valence-corrected chi connectivity index (χ4v) is 2.71. The Morgan fingerprint density at radius 3 is 2.43 bits per heavy atom. The molecule has 118 valence electrons. The van der Waals surface area contributed by atoms with E-state index in [1.165, 1.54) is 0 Å². The van der Waals surface area contributed by atoms with E-state index in [2.05, 4.69) is 9.97 Å². The van der Waals surface area contributed by atoms with Gasteiger partial charge < -0.3 is 4.90 Å². The Kier molecular flexibility index (Phi) is 4.96. The van der Waals surface area contributed by atoms with Crippen LogP contribution < -0.4 is 4.90 Å². The molecule has 0 N–H and O–H groups in total. The van der Waals surface area contributed by atoms with Crippen LogP contribution in [-0.4, -0.2) is 29.2 Å². The zero-order chi connectivity index (χ0) is 15.6. The van der Waals surface area contributed by atoms with E-state index in [-0.39, 0.29) is 24.6 Å². The van der Waals surface area contributed by atoms with Crippen molar-refractivity contribution in [3.05, 3.63) is 17.7 Å². The standard InChI is InChI=1S/C14H19ClF3N3/c1-9(2)13-19-8-12(11(7-15)20-13)21-5-3-10(4-6-21)14(16,17)18/h8-10H,3-7H2,1-2H3. The molecule has 1 saturated heterocycles. The van der Waals surface area contributed by atoms with Gasteiger partial charge in [0.25, 0.3) is 0 Å². The maximum atomic E-state index is 12.7. The van der Waals surface area contributed by atoms with E-state index < -0.39 is 12.1 Å². The van der Waals surface area contributed by atoms with Crippen molar-refractivity contribution in [1.29, 1.82) is 0 Å². The Balaban J connectivity index is 2.13. The average Bonchev–Trinajstić information content (AvgIpc) is 2.45. The number of hydrogen-bond donors (Lipinski definition) is 0. The summed E-state index contributed by atoms with van der Waals surface area (Å²) in [4.78, 5) is 10.6. The summed E-state index contributed by atoms with van der Waals surface area (Å²) < 4.78 is 38.1. The highest BCUT2D eigenvalue weighted by molar-refractivity contribution is 6.17. The summed E-state index contributed by atoms with van der Waals surface area (Å²) in [7, 11) is 0. The molecule has 1 aromatic heterocycles. The van der Waals surface area contributed by atoms with E-state index in [1.54, 1.807) is 6.20 Å². The second-order valence-electron chi connectivity index (χ2n) is 5.65. The summed E-state index contributed by atoms with van der Waals surface area (Å²) >= 11 is 5.93. The van der Waals surface area contributed by atoms with Gasteiger partial charge >= 0.3 is 6.18 Å². The molecule has 0 bridgehead atoms. The van der Waals surface area contributed by atoms with Crippen LogP contribution in [0.4, 0.5) is 18.9 Å². The minimum absolute atomic E-state index is 0.108. The van der Waals surface area contributed by atoms with Gasteiger partial charge in [0.05, 0.1) is 29.4 Å². The Bertz CT molecular complexity index is 483. The van der Waals surface area contributed by atoms with Crippen molar-refractivity contribution in [3.8, 4) is 0 Å². The molecule has 21 heavy (non-hydrogen) atoms. The quantitative estimate of drug-likeness (QED) is 0.784. The summed E-state index contributed by atoms with van der Waals surface area (Å²) in [6.07, 6.45) is -2.19. The van der Waals surface area contributed by atoms with E-state index in [0.29, 0.717) is 24.6 Å². The molecule has 0 aromatic carbocycles. The summed E-state index contributed by atoms with van der Waals surface area (Å²) in [5, 5.41) is 0. The maximum Gasteiger partial charge on any atom is 0.391 e. The van der Waals surface area contributed by atoms with Gasteiger partial charge in [-0.1, -0.05) is 13.8 Å². The van der Waals surface area contributed by atoms with Crippen LogP contribution in [0, 0.1) is 5.92 Å². The average molecular weight is 322 g/mol. The second-order valence-corrected chi connectivity index (χ2v) is 5.92. The van der Waals surface area contributed by atoms with Gasteiger partial charge in [-0.3, -0.25) is 0 Å². The van der Waals surface area contributed by atoms with E-state index in [9.17, 15) is 13.2 Å². The van der Waals surface area contributed by atoms with Crippen molar-refractivity contribution in [3.63, 3.8) is 0 Å². The molecular weight excluding hydrogens is 303 g/mol. The third-order valence-electron chi connectivity index (χ3n) is 3.81. The van der Waals surface area contributed by atoms with Gasteiger partial charge in [0.15, 0.2) is 0 Å². The van der Waals surface area contributed by atoms with Crippen molar-refractivity contribution >= 4 is 17.3 Å². The molecule has 2 heterocycles. The van der Waals surface area contributed by atoms with Gasteiger partial charge in [-0.25, -0.2) is 9.97 Å². The van der Waals surface area contributed by atoms with Crippen molar-refractivity contribution in [1.82, 2.24) is 9.97 Å². The Hall–Kier alpha value is -1.04. The summed E-state index contributed by atoms with van der Waals surface area (Å²) in [5.41, 5.74) is 1.45. The molecule has 2 rings (SSSR count).